The fourth-order valence-corrected chi connectivity index (χ4v) is 3.86. The summed E-state index contributed by atoms with van der Waals surface area (Å²) in [4.78, 5) is 22.3. The van der Waals surface area contributed by atoms with Crippen LogP contribution >= 0.6 is 22.9 Å². The average molecular weight is 361 g/mol. The number of hydrogen-bond acceptors (Lipinski definition) is 5. The van der Waals surface area contributed by atoms with Gasteiger partial charge in [0.25, 0.3) is 5.91 Å². The van der Waals surface area contributed by atoms with Crippen LogP contribution in [0, 0.1) is 20.8 Å². The number of nitrogens with zero attached hydrogens (tertiary/aromatic N) is 2. The van der Waals surface area contributed by atoms with Gasteiger partial charge in [-0.3, -0.25) is 9.78 Å². The molecule has 0 radical (unpaired) electrons. The number of hydrogen-bond donors (Lipinski definition) is 2. The van der Waals surface area contributed by atoms with Crippen LogP contribution in [0.1, 0.15) is 32.2 Å². The molecule has 0 aliphatic rings. The number of pyridine rings is 2. The lowest BCUT2D eigenvalue weighted by atomic mass is 10.1. The van der Waals surface area contributed by atoms with Crippen LogP contribution in [0.4, 0.5) is 5.69 Å². The first-order valence-corrected chi connectivity index (χ1v) is 8.62. The van der Waals surface area contributed by atoms with E-state index in [-0.39, 0.29) is 5.91 Å². The van der Waals surface area contributed by atoms with E-state index in [0.717, 1.165) is 32.7 Å². The number of anilines is 1. The predicted molar refractivity (Wildman–Crippen MR) is 98.7 cm³/mol. The zero-order valence-electron chi connectivity index (χ0n) is 13.6. The number of fused-ring (bicyclic) bond motifs is 1. The minimum atomic E-state index is -0.210. The molecule has 0 spiro atoms. The van der Waals surface area contributed by atoms with E-state index in [4.69, 9.17) is 17.3 Å². The number of carbonyl (C=O) groups excluding carboxylic acids is 1. The lowest BCUT2D eigenvalue weighted by Gasteiger charge is -2.06. The van der Waals surface area contributed by atoms with Gasteiger partial charge in [-0.25, -0.2) is 4.98 Å². The van der Waals surface area contributed by atoms with Gasteiger partial charge < -0.3 is 11.1 Å². The third-order valence-electron chi connectivity index (χ3n) is 3.84. The maximum absolute atomic E-state index is 12.5. The van der Waals surface area contributed by atoms with Crippen molar-refractivity contribution in [1.82, 2.24) is 15.3 Å². The number of halogens is 1. The van der Waals surface area contributed by atoms with E-state index in [0.29, 0.717) is 22.1 Å². The Bertz CT molecular complexity index is 951. The van der Waals surface area contributed by atoms with Crippen molar-refractivity contribution in [3.8, 4) is 0 Å². The Morgan fingerprint density at radius 3 is 2.83 bits per heavy atom. The molecule has 0 bridgehead atoms. The minimum absolute atomic E-state index is 0.210. The van der Waals surface area contributed by atoms with Crippen molar-refractivity contribution in [2.45, 2.75) is 27.3 Å². The van der Waals surface area contributed by atoms with E-state index in [2.05, 4.69) is 15.3 Å². The van der Waals surface area contributed by atoms with Gasteiger partial charge in [0.05, 0.1) is 16.4 Å². The molecule has 0 saturated heterocycles. The van der Waals surface area contributed by atoms with Crippen molar-refractivity contribution in [3.05, 3.63) is 50.7 Å². The number of nitrogen functional groups attached to an aromatic ring is 1. The van der Waals surface area contributed by atoms with Crippen LogP contribution in [0.5, 0.6) is 0 Å². The Morgan fingerprint density at radius 2 is 2.12 bits per heavy atom. The molecule has 0 unspecified atom stereocenters. The maximum atomic E-state index is 12.5. The molecule has 0 atom stereocenters. The molecule has 0 aliphatic carbocycles. The smallest absolute Gasteiger partial charge is 0.263 e. The van der Waals surface area contributed by atoms with Gasteiger partial charge in [-0.1, -0.05) is 11.6 Å². The summed E-state index contributed by atoms with van der Waals surface area (Å²) in [5.41, 5.74) is 10.1. The standard InChI is InChI=1S/C17H17ClN4OS/c1-8-6-11(4-5-20-8)7-21-16(23)15-14(19)12-9(2)13(18)10(3)22-17(12)24-15/h4-6H,7,19H2,1-3H3,(H,21,23). The van der Waals surface area contributed by atoms with E-state index in [1.165, 1.54) is 11.3 Å². The van der Waals surface area contributed by atoms with Crippen LogP contribution in [0.2, 0.25) is 5.02 Å². The van der Waals surface area contributed by atoms with E-state index in [1.54, 1.807) is 6.20 Å². The molecule has 0 aliphatic heterocycles. The molecule has 0 fully saturated rings. The number of aromatic nitrogens is 2. The third-order valence-corrected chi connectivity index (χ3v) is 5.49. The molecular formula is C17H17ClN4OS. The molecule has 3 rings (SSSR count). The second kappa shape index (κ2) is 6.37. The molecule has 3 aromatic heterocycles. The van der Waals surface area contributed by atoms with Gasteiger partial charge in [0.1, 0.15) is 9.71 Å². The Morgan fingerprint density at radius 1 is 1.38 bits per heavy atom. The Labute approximate surface area is 148 Å². The van der Waals surface area contributed by atoms with E-state index < -0.39 is 0 Å². The van der Waals surface area contributed by atoms with Gasteiger partial charge >= 0.3 is 0 Å². The lowest BCUT2D eigenvalue weighted by molar-refractivity contribution is 0.0956. The first-order valence-electron chi connectivity index (χ1n) is 7.43. The first kappa shape index (κ1) is 16.7. The summed E-state index contributed by atoms with van der Waals surface area (Å²) in [6.45, 7) is 6.07. The van der Waals surface area contributed by atoms with Crippen molar-refractivity contribution in [3.63, 3.8) is 0 Å². The summed E-state index contributed by atoms with van der Waals surface area (Å²) in [5.74, 6) is -0.210. The van der Waals surface area contributed by atoms with E-state index in [1.807, 2.05) is 32.9 Å². The molecule has 24 heavy (non-hydrogen) atoms. The fourth-order valence-electron chi connectivity index (χ4n) is 2.60. The highest BCUT2D eigenvalue weighted by Gasteiger charge is 2.20. The van der Waals surface area contributed by atoms with Crippen molar-refractivity contribution in [2.75, 3.05) is 5.73 Å². The van der Waals surface area contributed by atoms with Crippen LogP contribution in [0.3, 0.4) is 0 Å². The van der Waals surface area contributed by atoms with Crippen LogP contribution in [-0.4, -0.2) is 15.9 Å². The van der Waals surface area contributed by atoms with Crippen molar-refractivity contribution in [2.24, 2.45) is 0 Å². The molecule has 0 aromatic carbocycles. The monoisotopic (exact) mass is 360 g/mol. The van der Waals surface area contributed by atoms with Crippen LogP contribution in [0.25, 0.3) is 10.2 Å². The largest absolute Gasteiger partial charge is 0.397 e. The van der Waals surface area contributed by atoms with E-state index >= 15 is 0 Å². The molecular weight excluding hydrogens is 344 g/mol. The van der Waals surface area contributed by atoms with Gasteiger partial charge in [0, 0.05) is 23.8 Å². The summed E-state index contributed by atoms with van der Waals surface area (Å²) in [6.07, 6.45) is 1.72. The maximum Gasteiger partial charge on any atom is 0.263 e. The Balaban J connectivity index is 1.90. The molecule has 3 heterocycles. The molecule has 5 nitrogen and oxygen atoms in total. The number of aryl methyl sites for hydroxylation is 3. The summed E-state index contributed by atoms with van der Waals surface area (Å²) < 4.78 is 0. The van der Waals surface area contributed by atoms with Crippen LogP contribution < -0.4 is 11.1 Å². The van der Waals surface area contributed by atoms with Crippen LogP contribution in [0.15, 0.2) is 18.3 Å². The fraction of sp³-hybridized carbons (Fsp3) is 0.235. The summed E-state index contributed by atoms with van der Waals surface area (Å²) >= 11 is 7.54. The average Bonchev–Trinajstić information content (AvgIpc) is 2.87. The first-order chi connectivity index (χ1) is 11.4. The molecule has 1 amide bonds. The molecule has 3 N–H and O–H groups in total. The van der Waals surface area contributed by atoms with Gasteiger partial charge in [-0.15, -0.1) is 11.3 Å². The number of rotatable bonds is 3. The summed E-state index contributed by atoms with van der Waals surface area (Å²) in [5, 5.41) is 4.25. The summed E-state index contributed by atoms with van der Waals surface area (Å²) in [7, 11) is 0. The quantitative estimate of drug-likeness (QED) is 0.744. The topological polar surface area (TPSA) is 80.9 Å². The van der Waals surface area contributed by atoms with Gasteiger partial charge in [0.2, 0.25) is 0 Å². The molecule has 7 heteroatoms. The van der Waals surface area contributed by atoms with Crippen LogP contribution in [-0.2, 0) is 6.54 Å². The minimum Gasteiger partial charge on any atom is -0.397 e. The van der Waals surface area contributed by atoms with Gasteiger partial charge in [0.15, 0.2) is 0 Å². The molecule has 124 valence electrons. The predicted octanol–water partition coefficient (Wildman–Crippen LogP) is 3.78. The normalized spacial score (nSPS) is 11.0. The van der Waals surface area contributed by atoms with Crippen molar-refractivity contribution >= 4 is 44.7 Å². The second-order valence-electron chi connectivity index (χ2n) is 5.65. The highest BCUT2D eigenvalue weighted by molar-refractivity contribution is 7.21. The lowest BCUT2D eigenvalue weighted by Crippen LogP contribution is -2.22. The number of amides is 1. The molecule has 3 aromatic rings. The van der Waals surface area contributed by atoms with Crippen molar-refractivity contribution in [1.29, 1.82) is 0 Å². The molecule has 0 saturated carbocycles. The SMILES string of the molecule is Cc1cc(CNC(=O)c2sc3nc(C)c(Cl)c(C)c3c2N)ccn1. The van der Waals surface area contributed by atoms with Crippen molar-refractivity contribution < 1.29 is 4.79 Å². The zero-order valence-corrected chi connectivity index (χ0v) is 15.2. The number of nitrogens with one attached hydrogen (secondary N) is 1. The number of thiophene rings is 1. The number of carbonyl (C=O) groups is 1. The second-order valence-corrected chi connectivity index (χ2v) is 7.03. The van der Waals surface area contributed by atoms with Gasteiger partial charge in [-0.05, 0) is 44.0 Å². The van der Waals surface area contributed by atoms with Gasteiger partial charge in [-0.2, -0.15) is 0 Å². The summed E-state index contributed by atoms with van der Waals surface area (Å²) in [6, 6.07) is 3.81. The Kier molecular flexibility index (Phi) is 4.43. The third kappa shape index (κ3) is 2.95. The number of nitrogens with two attached hydrogens (primary N) is 1. The Hall–Kier alpha value is -2.18. The van der Waals surface area contributed by atoms with E-state index in [9.17, 15) is 4.79 Å². The zero-order chi connectivity index (χ0) is 17.4. The highest BCUT2D eigenvalue weighted by Crippen LogP contribution is 2.38. The highest BCUT2D eigenvalue weighted by atomic mass is 35.5.